The Labute approximate surface area is 107 Å². The van der Waals surface area contributed by atoms with E-state index in [4.69, 9.17) is 10.5 Å². The van der Waals surface area contributed by atoms with Crippen LogP contribution in [0.4, 0.5) is 0 Å². The van der Waals surface area contributed by atoms with Gasteiger partial charge in [-0.05, 0) is 31.0 Å². The number of hydrogen-bond acceptors (Lipinski definition) is 3. The highest BCUT2D eigenvalue weighted by Gasteiger charge is 1.99. The number of rotatable bonds is 6. The van der Waals surface area contributed by atoms with Crippen LogP contribution in [0.5, 0.6) is 5.75 Å². The molecule has 1 atom stereocenters. The molecule has 0 saturated carbocycles. The van der Waals surface area contributed by atoms with Crippen LogP contribution in [0.15, 0.2) is 43.0 Å². The van der Waals surface area contributed by atoms with Gasteiger partial charge in [-0.15, -0.1) is 0 Å². The van der Waals surface area contributed by atoms with Gasteiger partial charge in [-0.3, -0.25) is 0 Å². The summed E-state index contributed by atoms with van der Waals surface area (Å²) >= 11 is 0. The topological polar surface area (TPSA) is 53.1 Å². The minimum absolute atomic E-state index is 0.193. The Balaban J connectivity index is 1.79. The van der Waals surface area contributed by atoms with E-state index in [0.717, 1.165) is 18.7 Å². The lowest BCUT2D eigenvalue weighted by atomic mass is 10.1. The molecule has 2 aromatic rings. The smallest absolute Gasteiger partial charge is 0.119 e. The summed E-state index contributed by atoms with van der Waals surface area (Å²) in [5.74, 6) is 0.892. The fraction of sp³-hybridized carbons (Fsp3) is 0.357. The van der Waals surface area contributed by atoms with Crippen molar-refractivity contribution < 1.29 is 4.74 Å². The first-order valence-electron chi connectivity index (χ1n) is 6.17. The van der Waals surface area contributed by atoms with Crippen LogP contribution in [0.2, 0.25) is 0 Å². The van der Waals surface area contributed by atoms with Gasteiger partial charge in [-0.2, -0.15) is 0 Å². The lowest BCUT2D eigenvalue weighted by Gasteiger charge is -2.08. The molecule has 0 amide bonds. The molecule has 0 aliphatic heterocycles. The number of imidazole rings is 1. The summed E-state index contributed by atoms with van der Waals surface area (Å²) in [6.45, 7) is 3.46. The van der Waals surface area contributed by atoms with Crippen LogP contribution in [0.25, 0.3) is 0 Å². The van der Waals surface area contributed by atoms with E-state index in [0.29, 0.717) is 6.61 Å². The Morgan fingerprint density at radius 2 is 2.11 bits per heavy atom. The summed E-state index contributed by atoms with van der Waals surface area (Å²) in [6, 6.07) is 8.31. The average molecular weight is 245 g/mol. The maximum absolute atomic E-state index is 5.76. The largest absolute Gasteiger partial charge is 0.492 e. The van der Waals surface area contributed by atoms with Crippen molar-refractivity contribution in [3.8, 4) is 5.75 Å². The molecule has 1 heterocycles. The second-order valence-electron chi connectivity index (χ2n) is 4.47. The number of benzene rings is 1. The van der Waals surface area contributed by atoms with Crippen molar-refractivity contribution in [1.29, 1.82) is 0 Å². The molecular weight excluding hydrogens is 226 g/mol. The first-order chi connectivity index (χ1) is 8.74. The van der Waals surface area contributed by atoms with Crippen molar-refractivity contribution in [3.05, 3.63) is 48.5 Å². The highest BCUT2D eigenvalue weighted by Crippen LogP contribution is 2.13. The van der Waals surface area contributed by atoms with Crippen LogP contribution in [0.3, 0.4) is 0 Å². The molecule has 2 N–H and O–H groups in total. The number of hydrogen-bond donors (Lipinski definition) is 1. The van der Waals surface area contributed by atoms with Crippen molar-refractivity contribution in [1.82, 2.24) is 9.55 Å². The molecule has 0 saturated heterocycles. The monoisotopic (exact) mass is 245 g/mol. The van der Waals surface area contributed by atoms with Crippen LogP contribution in [-0.4, -0.2) is 22.2 Å². The molecular formula is C14H19N3O. The highest BCUT2D eigenvalue weighted by molar-refractivity contribution is 5.27. The Hall–Kier alpha value is -1.81. The summed E-state index contributed by atoms with van der Waals surface area (Å²) in [5.41, 5.74) is 7.00. The molecule has 18 heavy (non-hydrogen) atoms. The quantitative estimate of drug-likeness (QED) is 0.845. The zero-order valence-electron chi connectivity index (χ0n) is 10.6. The van der Waals surface area contributed by atoms with Gasteiger partial charge in [0.05, 0.1) is 12.9 Å². The lowest BCUT2D eigenvalue weighted by Crippen LogP contribution is -2.17. The summed E-state index contributed by atoms with van der Waals surface area (Å²) in [4.78, 5) is 3.98. The second kappa shape index (κ2) is 6.21. The number of nitrogens with two attached hydrogens (primary N) is 1. The summed E-state index contributed by atoms with van der Waals surface area (Å²) in [6.07, 6.45) is 6.38. The minimum Gasteiger partial charge on any atom is -0.492 e. The summed E-state index contributed by atoms with van der Waals surface area (Å²) in [5, 5.41) is 0. The van der Waals surface area contributed by atoms with E-state index in [2.05, 4.69) is 17.1 Å². The molecule has 0 spiro atoms. The van der Waals surface area contributed by atoms with Gasteiger partial charge in [0.15, 0.2) is 0 Å². The molecule has 1 unspecified atom stereocenters. The Morgan fingerprint density at radius 1 is 1.33 bits per heavy atom. The van der Waals surface area contributed by atoms with Crippen molar-refractivity contribution >= 4 is 0 Å². The van der Waals surface area contributed by atoms with E-state index < -0.39 is 0 Å². The third-order valence-corrected chi connectivity index (χ3v) is 2.66. The number of ether oxygens (including phenoxy) is 1. The third-order valence-electron chi connectivity index (χ3n) is 2.66. The SMILES string of the molecule is CC(N)Cc1ccc(OCCn2ccnc2)cc1. The van der Waals surface area contributed by atoms with Gasteiger partial charge in [0.25, 0.3) is 0 Å². The maximum Gasteiger partial charge on any atom is 0.119 e. The van der Waals surface area contributed by atoms with Gasteiger partial charge < -0.3 is 15.0 Å². The zero-order chi connectivity index (χ0) is 12.8. The van der Waals surface area contributed by atoms with Gasteiger partial charge in [-0.25, -0.2) is 4.98 Å². The van der Waals surface area contributed by atoms with E-state index >= 15 is 0 Å². The van der Waals surface area contributed by atoms with Gasteiger partial charge in [0.2, 0.25) is 0 Å². The van der Waals surface area contributed by atoms with Crippen LogP contribution < -0.4 is 10.5 Å². The maximum atomic E-state index is 5.76. The van der Waals surface area contributed by atoms with E-state index in [9.17, 15) is 0 Å². The van der Waals surface area contributed by atoms with Crippen LogP contribution in [0, 0.1) is 0 Å². The number of aromatic nitrogens is 2. The van der Waals surface area contributed by atoms with E-state index in [1.165, 1.54) is 5.56 Å². The van der Waals surface area contributed by atoms with Gasteiger partial charge in [0.1, 0.15) is 12.4 Å². The van der Waals surface area contributed by atoms with E-state index in [1.54, 1.807) is 12.5 Å². The first-order valence-corrected chi connectivity index (χ1v) is 6.17. The third kappa shape index (κ3) is 3.89. The van der Waals surface area contributed by atoms with Gasteiger partial charge in [-0.1, -0.05) is 12.1 Å². The molecule has 4 nitrogen and oxygen atoms in total. The fourth-order valence-electron chi connectivity index (χ4n) is 1.78. The van der Waals surface area contributed by atoms with E-state index in [-0.39, 0.29) is 6.04 Å². The first kappa shape index (κ1) is 12.6. The molecule has 4 heteroatoms. The Bertz CT molecular complexity index is 448. The summed E-state index contributed by atoms with van der Waals surface area (Å²) < 4.78 is 7.65. The fourth-order valence-corrected chi connectivity index (χ4v) is 1.78. The van der Waals surface area contributed by atoms with Crippen molar-refractivity contribution in [2.75, 3.05) is 6.61 Å². The predicted octanol–water partition coefficient (Wildman–Crippen LogP) is 1.85. The van der Waals surface area contributed by atoms with Gasteiger partial charge in [0, 0.05) is 18.4 Å². The van der Waals surface area contributed by atoms with Gasteiger partial charge >= 0.3 is 0 Å². The lowest BCUT2D eigenvalue weighted by molar-refractivity contribution is 0.298. The molecule has 2 rings (SSSR count). The highest BCUT2D eigenvalue weighted by atomic mass is 16.5. The Kier molecular flexibility index (Phi) is 4.36. The molecule has 0 fully saturated rings. The molecule has 1 aromatic carbocycles. The number of nitrogens with zero attached hydrogens (tertiary/aromatic N) is 2. The minimum atomic E-state index is 0.193. The molecule has 0 radical (unpaired) electrons. The summed E-state index contributed by atoms with van der Waals surface area (Å²) in [7, 11) is 0. The van der Waals surface area contributed by atoms with E-state index in [1.807, 2.05) is 29.8 Å². The zero-order valence-corrected chi connectivity index (χ0v) is 10.6. The second-order valence-corrected chi connectivity index (χ2v) is 4.47. The molecule has 96 valence electrons. The van der Waals surface area contributed by atoms with Crippen molar-refractivity contribution in [2.24, 2.45) is 5.73 Å². The van der Waals surface area contributed by atoms with Crippen molar-refractivity contribution in [2.45, 2.75) is 25.9 Å². The van der Waals surface area contributed by atoms with Crippen molar-refractivity contribution in [3.63, 3.8) is 0 Å². The Morgan fingerprint density at radius 3 is 2.72 bits per heavy atom. The molecule has 0 aliphatic rings. The molecule has 0 aliphatic carbocycles. The normalized spacial score (nSPS) is 12.3. The van der Waals surface area contributed by atoms with Crippen LogP contribution in [-0.2, 0) is 13.0 Å². The predicted molar refractivity (Wildman–Crippen MR) is 71.5 cm³/mol. The van der Waals surface area contributed by atoms with Crippen LogP contribution >= 0.6 is 0 Å². The average Bonchev–Trinajstić information content (AvgIpc) is 2.84. The molecule has 1 aromatic heterocycles. The molecule has 0 bridgehead atoms. The van der Waals surface area contributed by atoms with Crippen LogP contribution in [0.1, 0.15) is 12.5 Å². The standard InChI is InChI=1S/C14H19N3O/c1-12(15)10-13-2-4-14(5-3-13)18-9-8-17-7-6-16-11-17/h2-7,11-12H,8-10,15H2,1H3.